The van der Waals surface area contributed by atoms with Gasteiger partial charge in [0.15, 0.2) is 0 Å². The van der Waals surface area contributed by atoms with Gasteiger partial charge in [-0.2, -0.15) is 0 Å². The molecule has 2 atom stereocenters. The van der Waals surface area contributed by atoms with E-state index in [0.29, 0.717) is 17.9 Å². The van der Waals surface area contributed by atoms with E-state index in [1.807, 2.05) is 72.8 Å². The summed E-state index contributed by atoms with van der Waals surface area (Å²) in [6.07, 6.45) is 6.15. The Morgan fingerprint density at radius 3 is 2.47 bits per heavy atom. The van der Waals surface area contributed by atoms with E-state index in [9.17, 15) is 4.79 Å². The summed E-state index contributed by atoms with van der Waals surface area (Å²) in [5.41, 5.74) is 2.39. The van der Waals surface area contributed by atoms with Gasteiger partial charge in [0.25, 0.3) is 5.91 Å². The van der Waals surface area contributed by atoms with Gasteiger partial charge in [-0.1, -0.05) is 36.4 Å². The third-order valence-corrected chi connectivity index (χ3v) is 6.10. The zero-order valence-electron chi connectivity index (χ0n) is 19.8. The molecule has 2 heterocycles. The van der Waals surface area contributed by atoms with E-state index in [4.69, 9.17) is 9.47 Å². The molecule has 1 saturated carbocycles. The van der Waals surface area contributed by atoms with Crippen LogP contribution in [0.25, 0.3) is 0 Å². The Morgan fingerprint density at radius 1 is 0.861 bits per heavy atom. The van der Waals surface area contributed by atoms with E-state index in [1.165, 1.54) is 0 Å². The minimum atomic E-state index is -0.216. The molecular weight excluding hydrogens is 452 g/mol. The molecule has 5 rings (SSSR count). The Balaban J connectivity index is 1.21. The van der Waals surface area contributed by atoms with Gasteiger partial charge in [-0.3, -0.25) is 4.79 Å². The number of pyridine rings is 2. The Kier molecular flexibility index (Phi) is 7.49. The van der Waals surface area contributed by atoms with Crippen LogP contribution in [0.15, 0.2) is 97.3 Å². The molecule has 1 aliphatic carbocycles. The lowest BCUT2D eigenvalue weighted by atomic mass is 10.1. The summed E-state index contributed by atoms with van der Waals surface area (Å²) in [4.78, 5) is 21.8. The number of rotatable bonds is 9. The molecule has 0 radical (unpaired) electrons. The van der Waals surface area contributed by atoms with Crippen molar-refractivity contribution in [3.8, 4) is 11.6 Å². The fraction of sp³-hybridized carbons (Fsp3) is 0.207. The standard InChI is InChI=1S/C29H28N4O3/c34-28(33-25-11-6-12-26(25)35-20-21-8-2-1-3-9-21)24-10-7-19-31-29(24)36-23-16-14-22(15-17-23)32-27-13-4-5-18-30-27/h1-5,7-10,13-19,25-26H,6,11-12,20H2,(H,30,32)(H,33,34)/t25?,26-/m0/s1. The van der Waals surface area contributed by atoms with Crippen molar-refractivity contribution in [3.05, 3.63) is 108 Å². The fourth-order valence-corrected chi connectivity index (χ4v) is 4.26. The Morgan fingerprint density at radius 2 is 1.67 bits per heavy atom. The Hall–Kier alpha value is -4.23. The molecule has 4 aromatic rings. The topological polar surface area (TPSA) is 85.4 Å². The van der Waals surface area contributed by atoms with Gasteiger partial charge in [-0.05, 0) is 73.4 Å². The maximum atomic E-state index is 13.2. The van der Waals surface area contributed by atoms with Crippen LogP contribution in [0.5, 0.6) is 11.6 Å². The second kappa shape index (κ2) is 11.5. The summed E-state index contributed by atoms with van der Waals surface area (Å²) in [6.45, 7) is 0.532. The van der Waals surface area contributed by atoms with Crippen molar-refractivity contribution in [2.45, 2.75) is 38.0 Å². The van der Waals surface area contributed by atoms with Gasteiger partial charge in [-0.15, -0.1) is 0 Å². The highest BCUT2D eigenvalue weighted by atomic mass is 16.5. The lowest BCUT2D eigenvalue weighted by Crippen LogP contribution is -2.41. The van der Waals surface area contributed by atoms with Crippen LogP contribution in [-0.2, 0) is 11.3 Å². The Bertz CT molecular complexity index is 1270. The van der Waals surface area contributed by atoms with Gasteiger partial charge in [0.1, 0.15) is 17.1 Å². The van der Waals surface area contributed by atoms with Crippen molar-refractivity contribution >= 4 is 17.4 Å². The second-order valence-corrected chi connectivity index (χ2v) is 8.67. The molecule has 0 bridgehead atoms. The molecule has 0 spiro atoms. The monoisotopic (exact) mass is 480 g/mol. The summed E-state index contributed by atoms with van der Waals surface area (Å²) < 4.78 is 12.1. The van der Waals surface area contributed by atoms with Crippen LogP contribution in [0, 0.1) is 0 Å². The quantitative estimate of drug-likeness (QED) is 0.311. The highest BCUT2D eigenvalue weighted by molar-refractivity contribution is 5.96. The number of nitrogens with one attached hydrogen (secondary N) is 2. The minimum absolute atomic E-state index is 0.0191. The number of amides is 1. The van der Waals surface area contributed by atoms with Crippen LogP contribution in [0.1, 0.15) is 35.2 Å². The smallest absolute Gasteiger partial charge is 0.257 e. The third kappa shape index (κ3) is 6.06. The summed E-state index contributed by atoms with van der Waals surface area (Å²) >= 11 is 0. The minimum Gasteiger partial charge on any atom is -0.438 e. The van der Waals surface area contributed by atoms with E-state index < -0.39 is 0 Å². The number of nitrogens with zero attached hydrogens (tertiary/aromatic N) is 2. The lowest BCUT2D eigenvalue weighted by molar-refractivity contribution is 0.0271. The summed E-state index contributed by atoms with van der Waals surface area (Å²) in [5, 5.41) is 6.37. The number of anilines is 2. The first-order chi connectivity index (χ1) is 17.7. The van der Waals surface area contributed by atoms with Gasteiger partial charge in [-0.25, -0.2) is 9.97 Å². The first-order valence-electron chi connectivity index (χ1n) is 12.1. The average molecular weight is 481 g/mol. The normalized spacial score (nSPS) is 16.9. The number of aromatic nitrogens is 2. The summed E-state index contributed by atoms with van der Waals surface area (Å²) in [5.74, 6) is 1.39. The van der Waals surface area contributed by atoms with Crippen LogP contribution in [0.3, 0.4) is 0 Å². The molecule has 7 nitrogen and oxygen atoms in total. The van der Waals surface area contributed by atoms with Crippen molar-refractivity contribution in [2.24, 2.45) is 0 Å². The zero-order valence-corrected chi connectivity index (χ0v) is 19.8. The molecule has 0 saturated heterocycles. The molecular formula is C29H28N4O3. The first-order valence-corrected chi connectivity index (χ1v) is 12.1. The highest BCUT2D eigenvalue weighted by Gasteiger charge is 2.30. The van der Waals surface area contributed by atoms with E-state index in [1.54, 1.807) is 24.5 Å². The van der Waals surface area contributed by atoms with Gasteiger partial charge >= 0.3 is 0 Å². The molecule has 7 heteroatoms. The lowest BCUT2D eigenvalue weighted by Gasteiger charge is -2.22. The van der Waals surface area contributed by atoms with E-state index in [2.05, 4.69) is 20.6 Å². The largest absolute Gasteiger partial charge is 0.438 e. The van der Waals surface area contributed by atoms with Crippen molar-refractivity contribution in [2.75, 3.05) is 5.32 Å². The van der Waals surface area contributed by atoms with E-state index >= 15 is 0 Å². The number of benzene rings is 2. The molecule has 2 aromatic heterocycles. The summed E-state index contributed by atoms with van der Waals surface area (Å²) in [6, 6.07) is 26.6. The molecule has 0 aliphatic heterocycles. The van der Waals surface area contributed by atoms with Gasteiger partial charge in [0.05, 0.1) is 18.8 Å². The molecule has 182 valence electrons. The van der Waals surface area contributed by atoms with E-state index in [-0.39, 0.29) is 23.9 Å². The van der Waals surface area contributed by atoms with Gasteiger partial charge in [0.2, 0.25) is 5.88 Å². The molecule has 1 aliphatic rings. The first kappa shape index (κ1) is 23.5. The number of carbonyl (C=O) groups excluding carboxylic acids is 1. The molecule has 2 aromatic carbocycles. The number of ether oxygens (including phenoxy) is 2. The average Bonchev–Trinajstić information content (AvgIpc) is 3.37. The predicted molar refractivity (Wildman–Crippen MR) is 138 cm³/mol. The van der Waals surface area contributed by atoms with Crippen molar-refractivity contribution in [3.63, 3.8) is 0 Å². The molecule has 36 heavy (non-hydrogen) atoms. The van der Waals surface area contributed by atoms with E-state index in [0.717, 1.165) is 36.3 Å². The van der Waals surface area contributed by atoms with Crippen LogP contribution in [-0.4, -0.2) is 28.0 Å². The van der Waals surface area contributed by atoms with Crippen LogP contribution < -0.4 is 15.4 Å². The van der Waals surface area contributed by atoms with Gasteiger partial charge in [0, 0.05) is 18.1 Å². The SMILES string of the molecule is O=C(NC1CCC[C@@H]1OCc1ccccc1)c1cccnc1Oc1ccc(Nc2ccccn2)cc1. The van der Waals surface area contributed by atoms with Gasteiger partial charge < -0.3 is 20.1 Å². The van der Waals surface area contributed by atoms with Crippen molar-refractivity contribution in [1.29, 1.82) is 0 Å². The highest BCUT2D eigenvalue weighted by Crippen LogP contribution is 2.27. The predicted octanol–water partition coefficient (Wildman–Crippen LogP) is 5.88. The van der Waals surface area contributed by atoms with Crippen LogP contribution >= 0.6 is 0 Å². The third-order valence-electron chi connectivity index (χ3n) is 6.10. The fourth-order valence-electron chi connectivity index (χ4n) is 4.26. The van der Waals surface area contributed by atoms with Crippen LogP contribution in [0.4, 0.5) is 11.5 Å². The Labute approximate surface area is 210 Å². The number of carbonyl (C=O) groups is 1. The molecule has 1 amide bonds. The van der Waals surface area contributed by atoms with Crippen LogP contribution in [0.2, 0.25) is 0 Å². The maximum absolute atomic E-state index is 13.2. The van der Waals surface area contributed by atoms with Crippen molar-refractivity contribution < 1.29 is 14.3 Å². The zero-order chi connectivity index (χ0) is 24.6. The number of hydrogen-bond acceptors (Lipinski definition) is 6. The molecule has 1 unspecified atom stereocenters. The summed E-state index contributed by atoms with van der Waals surface area (Å²) in [7, 11) is 0. The maximum Gasteiger partial charge on any atom is 0.257 e. The number of hydrogen-bond donors (Lipinski definition) is 2. The molecule has 1 fully saturated rings. The second-order valence-electron chi connectivity index (χ2n) is 8.67. The van der Waals surface area contributed by atoms with Crippen molar-refractivity contribution in [1.82, 2.24) is 15.3 Å². The molecule has 2 N–H and O–H groups in total.